The molecular formula is C64H102NO8P. The molecule has 0 saturated carbocycles. The molecule has 416 valence electrons. The summed E-state index contributed by atoms with van der Waals surface area (Å²) in [6.45, 7) is 3.91. The van der Waals surface area contributed by atoms with Crippen molar-refractivity contribution in [2.45, 2.75) is 187 Å². The Morgan fingerprint density at radius 2 is 0.730 bits per heavy atom. The zero-order valence-corrected chi connectivity index (χ0v) is 47.9. The smallest absolute Gasteiger partial charge is 0.306 e. The zero-order valence-electron chi connectivity index (χ0n) is 47.0. The van der Waals surface area contributed by atoms with Gasteiger partial charge in [-0.1, -0.05) is 204 Å². The molecule has 2 atom stereocenters. The Bertz CT molecular complexity index is 1800. The fraction of sp³-hybridized carbons (Fsp3) is 0.562. The number of carbonyl (C=O) groups is 2. The standard InChI is InChI=1S/C64H102NO8P/c1-6-8-10-12-14-16-18-20-22-24-26-28-29-30-31-32-33-34-35-37-39-41-43-45-47-49-51-53-55-57-64(67)73-62(61-72-74(68,69)71-59-58-65(3,4)5)60-70-63(66)56-54-52-50-48-46-44-42-40-38-36-27-25-23-21-19-17-15-13-11-9-7-2/h8-11,14-17,20-23,26-28,30-31,33-34,36-37,39-40,42,46,48,62H,6-7,12-13,18-19,24-25,29,32,35,38,41,43-45,47,49-61H2,1-5H3/b10-8-,11-9-,16-14-,17-15-,22-20-,23-21-,28-26-,31-30-,34-33-,36-27-,39-37-,42-40-,48-46-. The van der Waals surface area contributed by atoms with Crippen LogP contribution in [0.15, 0.2) is 158 Å². The Morgan fingerprint density at radius 3 is 1.11 bits per heavy atom. The van der Waals surface area contributed by atoms with E-state index >= 15 is 0 Å². The molecule has 0 aliphatic heterocycles. The van der Waals surface area contributed by atoms with E-state index < -0.39 is 32.5 Å². The topological polar surface area (TPSA) is 111 Å². The number of quaternary nitrogens is 1. The minimum atomic E-state index is -4.66. The van der Waals surface area contributed by atoms with Crippen molar-refractivity contribution < 1.29 is 42.1 Å². The lowest BCUT2D eigenvalue weighted by molar-refractivity contribution is -0.870. The number of phosphoric acid groups is 1. The molecule has 0 spiro atoms. The van der Waals surface area contributed by atoms with Gasteiger partial charge in [-0.05, 0) is 122 Å². The third kappa shape index (κ3) is 56.9. The van der Waals surface area contributed by atoms with E-state index in [0.29, 0.717) is 23.9 Å². The van der Waals surface area contributed by atoms with Crippen LogP contribution in [0.1, 0.15) is 181 Å². The third-order valence-electron chi connectivity index (χ3n) is 11.0. The molecule has 0 bridgehead atoms. The van der Waals surface area contributed by atoms with Crippen LogP contribution in [-0.2, 0) is 32.7 Å². The molecule has 0 radical (unpaired) electrons. The number of ether oxygens (including phenoxy) is 2. The average molecular weight is 1040 g/mol. The molecule has 0 amide bonds. The second kappa shape index (κ2) is 53.5. The number of likely N-dealkylation sites (N-methyl/N-ethyl adjacent to an activating group) is 1. The van der Waals surface area contributed by atoms with Crippen molar-refractivity contribution >= 4 is 19.8 Å². The first-order chi connectivity index (χ1) is 36.0. The van der Waals surface area contributed by atoms with Gasteiger partial charge < -0.3 is 27.9 Å². The van der Waals surface area contributed by atoms with E-state index in [9.17, 15) is 19.0 Å². The van der Waals surface area contributed by atoms with Gasteiger partial charge in [0.1, 0.15) is 19.8 Å². The van der Waals surface area contributed by atoms with E-state index in [0.717, 1.165) is 128 Å². The summed E-state index contributed by atoms with van der Waals surface area (Å²) >= 11 is 0. The second-order valence-corrected chi connectivity index (χ2v) is 20.6. The highest BCUT2D eigenvalue weighted by Crippen LogP contribution is 2.38. The fourth-order valence-corrected chi connectivity index (χ4v) is 7.48. The predicted molar refractivity (Wildman–Crippen MR) is 313 cm³/mol. The van der Waals surface area contributed by atoms with Crippen LogP contribution in [0.5, 0.6) is 0 Å². The summed E-state index contributed by atoms with van der Waals surface area (Å²) in [7, 11) is 1.10. The van der Waals surface area contributed by atoms with Crippen LogP contribution in [0.2, 0.25) is 0 Å². The summed E-state index contributed by atoms with van der Waals surface area (Å²) in [6, 6.07) is 0. The summed E-state index contributed by atoms with van der Waals surface area (Å²) in [6.07, 6.45) is 80.0. The third-order valence-corrected chi connectivity index (χ3v) is 12.0. The van der Waals surface area contributed by atoms with Crippen LogP contribution in [0.3, 0.4) is 0 Å². The molecule has 0 fully saturated rings. The number of hydrogen-bond acceptors (Lipinski definition) is 8. The summed E-state index contributed by atoms with van der Waals surface area (Å²) in [5.41, 5.74) is 0. The molecule has 10 heteroatoms. The highest BCUT2D eigenvalue weighted by Gasteiger charge is 2.21. The van der Waals surface area contributed by atoms with Gasteiger partial charge in [-0.2, -0.15) is 0 Å². The number of rotatable bonds is 49. The minimum Gasteiger partial charge on any atom is -0.756 e. The van der Waals surface area contributed by atoms with Crippen molar-refractivity contribution in [3.63, 3.8) is 0 Å². The van der Waals surface area contributed by atoms with Crippen LogP contribution >= 0.6 is 7.82 Å². The summed E-state index contributed by atoms with van der Waals surface area (Å²) in [5.74, 6) is -0.913. The van der Waals surface area contributed by atoms with Crippen LogP contribution in [0.4, 0.5) is 0 Å². The Balaban J connectivity index is 4.34. The quantitative estimate of drug-likeness (QED) is 0.0195. The van der Waals surface area contributed by atoms with E-state index in [2.05, 4.69) is 172 Å². The lowest BCUT2D eigenvalue weighted by Crippen LogP contribution is -2.37. The Morgan fingerprint density at radius 1 is 0.419 bits per heavy atom. The summed E-state index contributed by atoms with van der Waals surface area (Å²) in [5, 5.41) is 0. The summed E-state index contributed by atoms with van der Waals surface area (Å²) < 4.78 is 34.1. The maximum absolute atomic E-state index is 12.8. The van der Waals surface area contributed by atoms with Crippen LogP contribution < -0.4 is 4.89 Å². The Labute approximate surface area is 452 Å². The van der Waals surface area contributed by atoms with Gasteiger partial charge in [0.2, 0.25) is 0 Å². The van der Waals surface area contributed by atoms with Crippen molar-refractivity contribution in [2.75, 3.05) is 47.5 Å². The highest BCUT2D eigenvalue weighted by molar-refractivity contribution is 7.45. The average Bonchev–Trinajstić information content (AvgIpc) is 3.36. The van der Waals surface area contributed by atoms with Crippen LogP contribution in [0.25, 0.3) is 0 Å². The summed E-state index contributed by atoms with van der Waals surface area (Å²) in [4.78, 5) is 37.8. The fourth-order valence-electron chi connectivity index (χ4n) is 6.75. The highest BCUT2D eigenvalue weighted by atomic mass is 31.2. The number of phosphoric ester groups is 1. The molecule has 0 saturated heterocycles. The van der Waals surface area contributed by atoms with Gasteiger partial charge in [0.25, 0.3) is 7.82 Å². The number of hydrogen-bond donors (Lipinski definition) is 0. The molecule has 0 N–H and O–H groups in total. The number of esters is 2. The molecule has 2 unspecified atom stereocenters. The molecule has 0 heterocycles. The largest absolute Gasteiger partial charge is 0.756 e. The van der Waals surface area contributed by atoms with Gasteiger partial charge in [0.15, 0.2) is 6.10 Å². The van der Waals surface area contributed by atoms with Gasteiger partial charge in [0, 0.05) is 12.8 Å². The molecule has 0 aliphatic rings. The van der Waals surface area contributed by atoms with Crippen molar-refractivity contribution in [2.24, 2.45) is 0 Å². The number of unbranched alkanes of at least 4 members (excludes halogenated alkanes) is 9. The molecular weight excluding hydrogens is 942 g/mol. The number of allylic oxidation sites excluding steroid dienone is 26. The number of nitrogens with zero attached hydrogens (tertiary/aromatic N) is 1. The van der Waals surface area contributed by atoms with E-state index in [1.165, 1.54) is 12.8 Å². The second-order valence-electron chi connectivity index (χ2n) is 19.2. The van der Waals surface area contributed by atoms with Crippen molar-refractivity contribution in [3.8, 4) is 0 Å². The Hall–Kier alpha value is -4.37. The molecule has 74 heavy (non-hydrogen) atoms. The maximum Gasteiger partial charge on any atom is 0.306 e. The van der Waals surface area contributed by atoms with Crippen molar-refractivity contribution in [1.82, 2.24) is 0 Å². The molecule has 0 aromatic heterocycles. The van der Waals surface area contributed by atoms with Crippen LogP contribution in [-0.4, -0.2) is 70.0 Å². The lowest BCUT2D eigenvalue weighted by atomic mass is 10.1. The first kappa shape index (κ1) is 69.6. The van der Waals surface area contributed by atoms with Gasteiger partial charge in [-0.25, -0.2) is 0 Å². The van der Waals surface area contributed by atoms with Gasteiger partial charge in [-0.3, -0.25) is 14.2 Å². The van der Waals surface area contributed by atoms with Crippen molar-refractivity contribution in [1.29, 1.82) is 0 Å². The first-order valence-corrected chi connectivity index (χ1v) is 29.7. The Kier molecular flexibility index (Phi) is 50.3. The first-order valence-electron chi connectivity index (χ1n) is 28.2. The molecule has 9 nitrogen and oxygen atoms in total. The normalized spacial score (nSPS) is 14.5. The van der Waals surface area contributed by atoms with Gasteiger partial charge in [0.05, 0.1) is 27.7 Å². The maximum atomic E-state index is 12.8. The lowest BCUT2D eigenvalue weighted by Gasteiger charge is -2.28. The molecule has 0 rings (SSSR count). The minimum absolute atomic E-state index is 0.0505. The monoisotopic (exact) mass is 1040 g/mol. The van der Waals surface area contributed by atoms with Gasteiger partial charge in [-0.15, -0.1) is 0 Å². The zero-order chi connectivity index (χ0) is 54.2. The molecule has 0 aromatic carbocycles. The van der Waals surface area contributed by atoms with Gasteiger partial charge >= 0.3 is 11.9 Å². The molecule has 0 aliphatic carbocycles. The van der Waals surface area contributed by atoms with Crippen molar-refractivity contribution in [3.05, 3.63) is 158 Å². The SMILES string of the molecule is CC/C=C\C/C=C\C/C=C\C/C=C\C/C=C\C/C=C\C/C=C\CCCCCCCCCC(=O)OC(COC(=O)CCCC/C=C\C/C=C\C/C=C\C/C=C\C/C=C\C/C=C\CC)COP(=O)([O-])OCC[N+](C)(C)C. The van der Waals surface area contributed by atoms with E-state index in [4.69, 9.17) is 18.5 Å². The predicted octanol–water partition coefficient (Wildman–Crippen LogP) is 17.1. The van der Waals surface area contributed by atoms with E-state index in [1.54, 1.807) is 0 Å². The molecule has 0 aromatic rings. The number of carbonyl (C=O) groups excluding carboxylic acids is 2. The van der Waals surface area contributed by atoms with Crippen LogP contribution in [0, 0.1) is 0 Å². The van der Waals surface area contributed by atoms with E-state index in [1.807, 2.05) is 21.1 Å². The van der Waals surface area contributed by atoms with E-state index in [-0.39, 0.29) is 26.1 Å².